The van der Waals surface area contributed by atoms with Gasteiger partial charge in [0.05, 0.1) is 0 Å². The van der Waals surface area contributed by atoms with E-state index in [1.165, 1.54) is 6.92 Å². The second kappa shape index (κ2) is 7.16. The smallest absolute Gasteiger partial charge is 0.263 e. The molecule has 7 heteroatoms. The summed E-state index contributed by atoms with van der Waals surface area (Å²) in [7, 11) is 0. The molecule has 1 aliphatic rings. The van der Waals surface area contributed by atoms with Crippen LogP contribution in [0.25, 0.3) is 0 Å². The minimum Gasteiger partial charge on any atom is -0.484 e. The molecule has 1 aromatic carbocycles. The molecule has 0 spiro atoms. The minimum absolute atomic E-state index is 0.00516. The Kier molecular flexibility index (Phi) is 4.79. The normalized spacial score (nSPS) is 19.2. The lowest BCUT2D eigenvalue weighted by Crippen LogP contribution is -2.42. The van der Waals surface area contributed by atoms with Crippen molar-refractivity contribution in [1.29, 1.82) is 0 Å². The Morgan fingerprint density at radius 3 is 2.75 bits per heavy atom. The Bertz CT molecular complexity index is 708. The van der Waals surface area contributed by atoms with Crippen LogP contribution in [-0.4, -0.2) is 34.7 Å². The molecule has 24 heavy (non-hydrogen) atoms. The monoisotopic (exact) mass is 328 g/mol. The summed E-state index contributed by atoms with van der Waals surface area (Å²) in [5.74, 6) is 1.19. The van der Waals surface area contributed by atoms with Gasteiger partial charge in [0.1, 0.15) is 5.75 Å². The molecule has 126 valence electrons. The molecule has 1 aliphatic carbocycles. The molecule has 3 N–H and O–H groups in total. The second-order valence-corrected chi connectivity index (χ2v) is 5.92. The fourth-order valence-corrected chi connectivity index (χ4v) is 2.73. The number of nitrogens with zero attached hydrogens (tertiary/aromatic N) is 1. The summed E-state index contributed by atoms with van der Waals surface area (Å²) in [6.07, 6.45) is 1.76. The number of aromatic nitrogens is 2. The van der Waals surface area contributed by atoms with Gasteiger partial charge in [0.15, 0.2) is 12.4 Å². The molecule has 7 nitrogen and oxygen atoms in total. The van der Waals surface area contributed by atoms with Gasteiger partial charge in [0, 0.05) is 30.6 Å². The number of hydrogen-bond donors (Lipinski definition) is 3. The molecule has 2 aromatic rings. The van der Waals surface area contributed by atoms with Crippen molar-refractivity contribution in [3.8, 4) is 5.75 Å². The van der Waals surface area contributed by atoms with Crippen LogP contribution >= 0.6 is 0 Å². The van der Waals surface area contributed by atoms with Gasteiger partial charge < -0.3 is 15.4 Å². The maximum atomic E-state index is 11.9. The number of carbonyl (C=O) groups excluding carboxylic acids is 2. The second-order valence-electron chi connectivity index (χ2n) is 5.92. The number of H-pyrrole nitrogens is 1. The summed E-state index contributed by atoms with van der Waals surface area (Å²) in [6, 6.07) is 11.2. The highest BCUT2D eigenvalue weighted by molar-refractivity contribution is 5.91. The first-order chi connectivity index (χ1) is 11.6. The molecule has 1 fully saturated rings. The van der Waals surface area contributed by atoms with E-state index in [2.05, 4.69) is 20.8 Å². The molecule has 0 radical (unpaired) electrons. The fraction of sp³-hybridized carbons (Fsp3) is 0.353. The number of anilines is 1. The average molecular weight is 328 g/mol. The Morgan fingerprint density at radius 2 is 2.04 bits per heavy atom. The van der Waals surface area contributed by atoms with Crippen molar-refractivity contribution in [2.45, 2.75) is 31.7 Å². The quantitative estimate of drug-likeness (QED) is 0.753. The molecule has 0 unspecified atom stereocenters. The van der Waals surface area contributed by atoms with Crippen LogP contribution in [0.3, 0.4) is 0 Å². The summed E-state index contributed by atoms with van der Waals surface area (Å²) in [4.78, 5) is 22.9. The number of nitrogens with one attached hydrogen (secondary N) is 3. The van der Waals surface area contributed by atoms with Crippen molar-refractivity contribution in [1.82, 2.24) is 15.5 Å². The maximum absolute atomic E-state index is 11.9. The highest BCUT2D eigenvalue weighted by atomic mass is 16.5. The van der Waals surface area contributed by atoms with E-state index in [-0.39, 0.29) is 24.5 Å². The molecule has 0 atom stereocenters. The van der Waals surface area contributed by atoms with Crippen molar-refractivity contribution in [3.05, 3.63) is 42.1 Å². The third kappa shape index (κ3) is 4.13. The molecule has 0 aliphatic heterocycles. The van der Waals surface area contributed by atoms with Gasteiger partial charge >= 0.3 is 0 Å². The minimum atomic E-state index is -0.262. The van der Waals surface area contributed by atoms with E-state index < -0.39 is 0 Å². The molecule has 2 amide bonds. The molecular weight excluding hydrogens is 308 g/mol. The Labute approximate surface area is 139 Å². The van der Waals surface area contributed by atoms with Crippen LogP contribution in [-0.2, 0) is 9.59 Å². The maximum Gasteiger partial charge on any atom is 0.263 e. The summed E-state index contributed by atoms with van der Waals surface area (Å²) >= 11 is 0. The number of carbonyl (C=O) groups is 2. The molecule has 1 heterocycles. The number of para-hydroxylation sites is 1. The first-order valence-corrected chi connectivity index (χ1v) is 7.90. The number of ether oxygens (including phenoxy) is 1. The third-order valence-corrected chi connectivity index (χ3v) is 3.96. The fourth-order valence-electron chi connectivity index (χ4n) is 2.73. The molecule has 0 bridgehead atoms. The molecule has 0 saturated heterocycles. The Hall–Kier alpha value is -2.83. The van der Waals surface area contributed by atoms with E-state index in [1.807, 2.05) is 24.3 Å². The van der Waals surface area contributed by atoms with Gasteiger partial charge in [-0.1, -0.05) is 18.2 Å². The van der Waals surface area contributed by atoms with Crippen LogP contribution in [0.1, 0.15) is 31.4 Å². The lowest BCUT2D eigenvalue weighted by molar-refractivity contribution is -0.120. The molecular formula is C17H20N4O3. The van der Waals surface area contributed by atoms with Crippen LogP contribution in [0.15, 0.2) is 36.4 Å². The van der Waals surface area contributed by atoms with Crippen molar-refractivity contribution in [2.24, 2.45) is 0 Å². The van der Waals surface area contributed by atoms with Crippen LogP contribution in [0.4, 0.5) is 5.82 Å². The molecule has 3 rings (SSSR count). The third-order valence-electron chi connectivity index (χ3n) is 3.96. The number of aromatic amines is 1. The van der Waals surface area contributed by atoms with Gasteiger partial charge in [0.2, 0.25) is 5.91 Å². The van der Waals surface area contributed by atoms with E-state index in [0.29, 0.717) is 17.5 Å². The van der Waals surface area contributed by atoms with Crippen molar-refractivity contribution in [2.75, 3.05) is 11.9 Å². The topological polar surface area (TPSA) is 96.1 Å². The zero-order valence-corrected chi connectivity index (χ0v) is 13.4. The van der Waals surface area contributed by atoms with Crippen LogP contribution < -0.4 is 15.4 Å². The van der Waals surface area contributed by atoms with Crippen molar-refractivity contribution in [3.63, 3.8) is 0 Å². The van der Waals surface area contributed by atoms with Crippen LogP contribution in [0, 0.1) is 0 Å². The largest absolute Gasteiger partial charge is 0.484 e. The van der Waals surface area contributed by atoms with E-state index >= 15 is 0 Å². The van der Waals surface area contributed by atoms with Crippen molar-refractivity contribution >= 4 is 17.6 Å². The predicted molar refractivity (Wildman–Crippen MR) is 88.7 cm³/mol. The first kappa shape index (κ1) is 16.0. The highest BCUT2D eigenvalue weighted by Gasteiger charge is 2.32. The predicted octanol–water partition coefficient (Wildman–Crippen LogP) is 1.81. The van der Waals surface area contributed by atoms with Crippen LogP contribution in [0.5, 0.6) is 5.75 Å². The Morgan fingerprint density at radius 1 is 1.29 bits per heavy atom. The van der Waals surface area contributed by atoms with E-state index in [4.69, 9.17) is 4.74 Å². The van der Waals surface area contributed by atoms with Gasteiger partial charge in [0.25, 0.3) is 5.91 Å². The van der Waals surface area contributed by atoms with E-state index in [1.54, 1.807) is 12.1 Å². The van der Waals surface area contributed by atoms with Crippen molar-refractivity contribution < 1.29 is 14.3 Å². The number of hydrogen-bond acceptors (Lipinski definition) is 4. The van der Waals surface area contributed by atoms with Crippen LogP contribution in [0.2, 0.25) is 0 Å². The number of rotatable bonds is 6. The van der Waals surface area contributed by atoms with Gasteiger partial charge in [-0.3, -0.25) is 14.7 Å². The lowest BCUT2D eigenvalue weighted by atomic mass is 9.78. The Balaban J connectivity index is 1.44. The highest BCUT2D eigenvalue weighted by Crippen LogP contribution is 2.36. The molecule has 1 aromatic heterocycles. The standard InChI is InChI=1S/C17H20N4O3/c1-11(22)18-13-7-12(8-13)15-9-16(21-20-15)19-17(23)10-24-14-5-3-2-4-6-14/h2-6,9,12-13H,7-8,10H2,1H3,(H,18,22)(H2,19,20,21,23). The van der Waals surface area contributed by atoms with Gasteiger partial charge in [-0.15, -0.1) is 0 Å². The SMILES string of the molecule is CC(=O)NC1CC(c2cc(NC(=O)COc3ccccc3)n[nH]2)C1. The van der Waals surface area contributed by atoms with E-state index in [0.717, 1.165) is 18.5 Å². The summed E-state index contributed by atoms with van der Waals surface area (Å²) in [5.41, 5.74) is 0.968. The average Bonchev–Trinajstić information content (AvgIpc) is 2.97. The summed E-state index contributed by atoms with van der Waals surface area (Å²) in [5, 5.41) is 12.6. The van der Waals surface area contributed by atoms with Gasteiger partial charge in [-0.05, 0) is 25.0 Å². The van der Waals surface area contributed by atoms with Gasteiger partial charge in [-0.25, -0.2) is 0 Å². The molecule has 1 saturated carbocycles. The lowest BCUT2D eigenvalue weighted by Gasteiger charge is -2.34. The first-order valence-electron chi connectivity index (χ1n) is 7.90. The number of benzene rings is 1. The zero-order valence-electron chi connectivity index (χ0n) is 13.4. The van der Waals surface area contributed by atoms with E-state index in [9.17, 15) is 9.59 Å². The van der Waals surface area contributed by atoms with Gasteiger partial charge in [-0.2, -0.15) is 5.10 Å². The summed E-state index contributed by atoms with van der Waals surface area (Å²) < 4.78 is 5.39. The number of amides is 2. The zero-order chi connectivity index (χ0) is 16.9. The summed E-state index contributed by atoms with van der Waals surface area (Å²) in [6.45, 7) is 1.45.